The largest absolute Gasteiger partial charge is 0.744 e. The summed E-state index contributed by atoms with van der Waals surface area (Å²) in [7, 11) is -2.02. The van der Waals surface area contributed by atoms with E-state index in [-0.39, 0.29) is 11.5 Å². The summed E-state index contributed by atoms with van der Waals surface area (Å²) in [5.74, 6) is 0.00343. The van der Waals surface area contributed by atoms with Crippen LogP contribution in [0.15, 0.2) is 17.0 Å². The molecule has 0 amide bonds. The molecular formula is C9H11O5S-. The van der Waals surface area contributed by atoms with Gasteiger partial charge in [0.15, 0.2) is 0 Å². The Balaban J connectivity index is 3.59. The molecule has 1 aromatic rings. The molecule has 0 spiro atoms. The first-order valence-corrected chi connectivity index (χ1v) is 5.49. The average Bonchev–Trinajstić information content (AvgIpc) is 2.14. The van der Waals surface area contributed by atoms with Crippen molar-refractivity contribution in [3.05, 3.63) is 17.7 Å². The Labute approximate surface area is 88.4 Å². The number of rotatable bonds is 3. The minimum absolute atomic E-state index is 0.00171. The van der Waals surface area contributed by atoms with Crippen LogP contribution in [0.1, 0.15) is 5.56 Å². The molecule has 0 saturated carbocycles. The van der Waals surface area contributed by atoms with E-state index in [2.05, 4.69) is 0 Å². The normalized spacial score (nSPS) is 11.2. The Kier molecular flexibility index (Phi) is 3.21. The van der Waals surface area contributed by atoms with Crippen molar-refractivity contribution in [3.63, 3.8) is 0 Å². The second-order valence-electron chi connectivity index (χ2n) is 2.95. The van der Waals surface area contributed by atoms with Gasteiger partial charge >= 0.3 is 0 Å². The summed E-state index contributed by atoms with van der Waals surface area (Å²) in [4.78, 5) is -0.460. The predicted molar refractivity (Wildman–Crippen MR) is 52.2 cm³/mol. The predicted octanol–water partition coefficient (Wildman–Crippen LogP) is 0.916. The third-order valence-electron chi connectivity index (χ3n) is 1.85. The molecular weight excluding hydrogens is 220 g/mol. The SMILES string of the molecule is COc1cc(C)cc(OC)c1S(=O)(=O)[O-]. The van der Waals surface area contributed by atoms with Gasteiger partial charge in [-0.25, -0.2) is 8.42 Å². The van der Waals surface area contributed by atoms with E-state index in [1.54, 1.807) is 6.92 Å². The number of methoxy groups -OCH3 is 2. The number of aryl methyl sites for hydroxylation is 1. The van der Waals surface area contributed by atoms with Crippen molar-refractivity contribution >= 4 is 10.1 Å². The molecule has 0 aliphatic carbocycles. The van der Waals surface area contributed by atoms with Crippen LogP contribution >= 0.6 is 0 Å². The molecule has 0 N–H and O–H groups in total. The maximum atomic E-state index is 11.0. The average molecular weight is 231 g/mol. The van der Waals surface area contributed by atoms with Gasteiger partial charge in [0.25, 0.3) is 0 Å². The Morgan fingerprint density at radius 2 is 1.53 bits per heavy atom. The van der Waals surface area contributed by atoms with Crippen molar-refractivity contribution in [2.45, 2.75) is 11.8 Å². The van der Waals surface area contributed by atoms with Crippen LogP contribution in [0, 0.1) is 6.92 Å². The van der Waals surface area contributed by atoms with Gasteiger partial charge in [-0.2, -0.15) is 0 Å². The number of ether oxygens (including phenoxy) is 2. The van der Waals surface area contributed by atoms with Crippen molar-refractivity contribution < 1.29 is 22.4 Å². The van der Waals surface area contributed by atoms with Gasteiger partial charge in [0.05, 0.1) is 14.2 Å². The molecule has 0 heterocycles. The van der Waals surface area contributed by atoms with Gasteiger partial charge in [-0.1, -0.05) is 0 Å². The monoisotopic (exact) mass is 231 g/mol. The van der Waals surface area contributed by atoms with Crippen LogP contribution in [0.2, 0.25) is 0 Å². The summed E-state index contributed by atoms with van der Waals surface area (Å²) in [6, 6.07) is 2.93. The Hall–Kier alpha value is -1.27. The number of hydrogen-bond donors (Lipinski definition) is 0. The molecule has 6 heteroatoms. The molecule has 0 aliphatic rings. The van der Waals surface area contributed by atoms with E-state index < -0.39 is 15.0 Å². The molecule has 1 aromatic carbocycles. The van der Waals surface area contributed by atoms with Crippen LogP contribution in [-0.4, -0.2) is 27.2 Å². The molecule has 1 rings (SSSR count). The second kappa shape index (κ2) is 4.08. The van der Waals surface area contributed by atoms with E-state index in [1.165, 1.54) is 26.4 Å². The van der Waals surface area contributed by atoms with Gasteiger partial charge in [0.2, 0.25) is 0 Å². The smallest absolute Gasteiger partial charge is 0.140 e. The van der Waals surface area contributed by atoms with E-state index in [1.807, 2.05) is 0 Å². The molecule has 0 atom stereocenters. The van der Waals surface area contributed by atoms with Gasteiger partial charge in [0, 0.05) is 0 Å². The third-order valence-corrected chi connectivity index (χ3v) is 2.76. The Bertz CT molecular complexity index is 438. The molecule has 0 unspecified atom stereocenters. The fourth-order valence-electron chi connectivity index (χ4n) is 1.26. The Morgan fingerprint density at radius 3 is 1.80 bits per heavy atom. The molecule has 0 aromatic heterocycles. The topological polar surface area (TPSA) is 75.7 Å². The molecule has 0 bridgehead atoms. The lowest BCUT2D eigenvalue weighted by Crippen LogP contribution is -2.05. The molecule has 0 radical (unpaired) electrons. The van der Waals surface area contributed by atoms with Crippen LogP contribution in [0.25, 0.3) is 0 Å². The lowest BCUT2D eigenvalue weighted by atomic mass is 10.2. The van der Waals surface area contributed by atoms with Gasteiger partial charge < -0.3 is 14.0 Å². The molecule has 5 nitrogen and oxygen atoms in total. The fraction of sp³-hybridized carbons (Fsp3) is 0.333. The van der Waals surface area contributed by atoms with Crippen LogP contribution in [0.3, 0.4) is 0 Å². The summed E-state index contributed by atoms with van der Waals surface area (Å²) in [6.45, 7) is 1.74. The molecule has 84 valence electrons. The van der Waals surface area contributed by atoms with Gasteiger partial charge in [-0.15, -0.1) is 0 Å². The highest BCUT2D eigenvalue weighted by molar-refractivity contribution is 7.86. The van der Waals surface area contributed by atoms with Crippen LogP contribution in [-0.2, 0) is 10.1 Å². The van der Waals surface area contributed by atoms with E-state index in [0.29, 0.717) is 0 Å². The van der Waals surface area contributed by atoms with Crippen molar-refractivity contribution in [3.8, 4) is 11.5 Å². The van der Waals surface area contributed by atoms with Gasteiger partial charge in [0.1, 0.15) is 26.5 Å². The summed E-state index contributed by atoms with van der Waals surface area (Å²) >= 11 is 0. The van der Waals surface area contributed by atoms with E-state index in [9.17, 15) is 13.0 Å². The zero-order chi connectivity index (χ0) is 11.6. The summed E-state index contributed by atoms with van der Waals surface area (Å²) < 4.78 is 42.6. The first kappa shape index (κ1) is 11.8. The Morgan fingerprint density at radius 1 is 1.13 bits per heavy atom. The molecule has 0 saturated heterocycles. The first-order chi connectivity index (χ1) is 6.90. The number of benzene rings is 1. The van der Waals surface area contributed by atoms with Crippen molar-refractivity contribution in [2.24, 2.45) is 0 Å². The summed E-state index contributed by atoms with van der Waals surface area (Å²) in [5.41, 5.74) is 0.746. The highest BCUT2D eigenvalue weighted by Crippen LogP contribution is 2.34. The maximum Gasteiger partial charge on any atom is 0.140 e. The van der Waals surface area contributed by atoms with Crippen LogP contribution in [0.5, 0.6) is 11.5 Å². The highest BCUT2D eigenvalue weighted by atomic mass is 32.2. The minimum Gasteiger partial charge on any atom is -0.744 e. The van der Waals surface area contributed by atoms with Crippen LogP contribution < -0.4 is 9.47 Å². The minimum atomic E-state index is -4.61. The van der Waals surface area contributed by atoms with Crippen molar-refractivity contribution in [1.82, 2.24) is 0 Å². The van der Waals surface area contributed by atoms with Gasteiger partial charge in [-0.3, -0.25) is 0 Å². The first-order valence-electron chi connectivity index (χ1n) is 4.08. The van der Waals surface area contributed by atoms with E-state index >= 15 is 0 Å². The second-order valence-corrected chi connectivity index (χ2v) is 4.27. The lowest BCUT2D eigenvalue weighted by Gasteiger charge is -2.16. The number of hydrogen-bond acceptors (Lipinski definition) is 5. The van der Waals surface area contributed by atoms with Crippen molar-refractivity contribution in [1.29, 1.82) is 0 Å². The third kappa shape index (κ3) is 2.40. The maximum absolute atomic E-state index is 11.0. The summed E-state index contributed by atoms with van der Waals surface area (Å²) in [5, 5.41) is 0. The molecule has 0 fully saturated rings. The van der Waals surface area contributed by atoms with E-state index in [0.717, 1.165) is 5.56 Å². The highest BCUT2D eigenvalue weighted by Gasteiger charge is 2.17. The van der Waals surface area contributed by atoms with Crippen LogP contribution in [0.4, 0.5) is 0 Å². The van der Waals surface area contributed by atoms with Crippen molar-refractivity contribution in [2.75, 3.05) is 14.2 Å². The molecule has 15 heavy (non-hydrogen) atoms. The van der Waals surface area contributed by atoms with Gasteiger partial charge in [-0.05, 0) is 24.6 Å². The fourth-order valence-corrected chi connectivity index (χ4v) is 2.03. The quantitative estimate of drug-likeness (QED) is 0.723. The molecule has 0 aliphatic heterocycles. The summed E-state index contributed by atoms with van der Waals surface area (Å²) in [6.07, 6.45) is 0. The van der Waals surface area contributed by atoms with E-state index in [4.69, 9.17) is 9.47 Å². The zero-order valence-corrected chi connectivity index (χ0v) is 9.42. The zero-order valence-electron chi connectivity index (χ0n) is 8.60. The lowest BCUT2D eigenvalue weighted by molar-refractivity contribution is 0.365. The standard InChI is InChI=1S/C9H12O5S/c1-6-4-7(13-2)9(15(10,11)12)8(5-6)14-3/h4-5H,1-3H3,(H,10,11,12)/p-1.